The highest BCUT2D eigenvalue weighted by atomic mass is 32.1. The number of carbonyl (C=O) groups excluding carboxylic acids is 1. The van der Waals surface area contributed by atoms with Gasteiger partial charge in [0.25, 0.3) is 5.91 Å². The van der Waals surface area contributed by atoms with Crippen LogP contribution in [0.4, 0.5) is 9.52 Å². The molecule has 0 N–H and O–H groups in total. The average molecular weight is 425 g/mol. The van der Waals surface area contributed by atoms with Crippen LogP contribution in [-0.2, 0) is 11.3 Å². The fourth-order valence-electron chi connectivity index (χ4n) is 3.22. The van der Waals surface area contributed by atoms with Gasteiger partial charge in [-0.2, -0.15) is 5.10 Å². The molecule has 30 heavy (non-hydrogen) atoms. The third-order valence-corrected chi connectivity index (χ3v) is 5.68. The molecule has 0 unspecified atom stereocenters. The maximum Gasteiger partial charge on any atom is 0.266 e. The summed E-state index contributed by atoms with van der Waals surface area (Å²) in [6.07, 6.45) is 3.53. The van der Waals surface area contributed by atoms with E-state index in [-0.39, 0.29) is 18.3 Å². The van der Waals surface area contributed by atoms with Crippen molar-refractivity contribution in [2.75, 3.05) is 18.1 Å². The first-order valence-electron chi connectivity index (χ1n) is 9.54. The summed E-state index contributed by atoms with van der Waals surface area (Å²) in [5, 5.41) is 4.79. The molecular weight excluding hydrogens is 403 g/mol. The first-order chi connectivity index (χ1) is 14.5. The molecule has 2 heterocycles. The predicted octanol–water partition coefficient (Wildman–Crippen LogP) is 4.36. The molecule has 154 valence electrons. The van der Waals surface area contributed by atoms with Crippen LogP contribution in [-0.4, -0.2) is 33.8 Å². The maximum atomic E-state index is 13.8. The van der Waals surface area contributed by atoms with Crippen molar-refractivity contribution in [1.29, 1.82) is 0 Å². The lowest BCUT2D eigenvalue weighted by Gasteiger charge is -2.20. The molecule has 0 saturated carbocycles. The van der Waals surface area contributed by atoms with E-state index in [9.17, 15) is 9.18 Å². The van der Waals surface area contributed by atoms with Gasteiger partial charge in [-0.25, -0.2) is 9.37 Å². The summed E-state index contributed by atoms with van der Waals surface area (Å²) in [5.41, 5.74) is 3.09. The molecule has 2 aromatic heterocycles. The van der Waals surface area contributed by atoms with Crippen LogP contribution in [0.15, 0.2) is 54.9 Å². The number of ether oxygens (including phenoxy) is 1. The Kier molecular flexibility index (Phi) is 5.76. The standard InChI is InChI=1S/C22H21FN4O2S/c1-15-12-16(2)21-19(13-15)30-22(25-21)27(11-10-26-9-5-8-24-26)20(28)14-29-18-7-4-3-6-17(18)23/h3-9,12-13H,10-11,14H2,1-2H3. The van der Waals surface area contributed by atoms with Gasteiger partial charge in [0.15, 0.2) is 23.3 Å². The predicted molar refractivity (Wildman–Crippen MR) is 116 cm³/mol. The number of amides is 1. The Morgan fingerprint density at radius 1 is 1.23 bits per heavy atom. The molecule has 0 atom stereocenters. The number of rotatable bonds is 7. The van der Waals surface area contributed by atoms with Gasteiger partial charge < -0.3 is 4.74 Å². The number of fused-ring (bicyclic) bond motifs is 1. The molecule has 4 aromatic rings. The molecule has 0 fully saturated rings. The number of carbonyl (C=O) groups is 1. The van der Waals surface area contributed by atoms with E-state index in [1.807, 2.05) is 26.1 Å². The number of aryl methyl sites for hydroxylation is 2. The van der Waals surface area contributed by atoms with Crippen LogP contribution in [0, 0.1) is 19.7 Å². The van der Waals surface area contributed by atoms with Crippen LogP contribution in [0.3, 0.4) is 0 Å². The molecule has 0 aliphatic rings. The van der Waals surface area contributed by atoms with Crippen molar-refractivity contribution in [3.63, 3.8) is 0 Å². The second-order valence-electron chi connectivity index (χ2n) is 6.96. The molecule has 6 nitrogen and oxygen atoms in total. The Balaban J connectivity index is 1.59. The Bertz CT molecular complexity index is 1170. The zero-order valence-corrected chi connectivity index (χ0v) is 17.5. The highest BCUT2D eigenvalue weighted by molar-refractivity contribution is 7.22. The lowest BCUT2D eigenvalue weighted by atomic mass is 10.1. The van der Waals surface area contributed by atoms with Crippen molar-refractivity contribution in [3.8, 4) is 5.75 Å². The summed E-state index contributed by atoms with van der Waals surface area (Å²) in [6, 6.07) is 12.0. The number of nitrogens with zero attached hydrogens (tertiary/aromatic N) is 4. The number of thiazole rings is 1. The minimum absolute atomic E-state index is 0.0497. The minimum Gasteiger partial charge on any atom is -0.481 e. The largest absolute Gasteiger partial charge is 0.481 e. The van der Waals surface area contributed by atoms with E-state index in [4.69, 9.17) is 9.72 Å². The smallest absolute Gasteiger partial charge is 0.266 e. The lowest BCUT2D eigenvalue weighted by Crippen LogP contribution is -2.37. The molecule has 2 aromatic carbocycles. The SMILES string of the molecule is Cc1cc(C)c2nc(N(CCn3cccn3)C(=O)COc3ccccc3F)sc2c1. The lowest BCUT2D eigenvalue weighted by molar-refractivity contribution is -0.120. The van der Waals surface area contributed by atoms with E-state index in [0.29, 0.717) is 18.2 Å². The normalized spacial score (nSPS) is 11.0. The van der Waals surface area contributed by atoms with E-state index < -0.39 is 5.82 Å². The van der Waals surface area contributed by atoms with E-state index >= 15 is 0 Å². The highest BCUT2D eigenvalue weighted by Crippen LogP contribution is 2.32. The van der Waals surface area contributed by atoms with Crippen LogP contribution in [0.1, 0.15) is 11.1 Å². The van der Waals surface area contributed by atoms with Crippen LogP contribution in [0.2, 0.25) is 0 Å². The molecule has 0 bridgehead atoms. The number of hydrogen-bond donors (Lipinski definition) is 0. The van der Waals surface area contributed by atoms with Gasteiger partial charge in [-0.1, -0.05) is 29.5 Å². The number of anilines is 1. The zero-order valence-electron chi connectivity index (χ0n) is 16.7. The Labute approximate surface area is 177 Å². The fourth-order valence-corrected chi connectivity index (χ4v) is 4.40. The summed E-state index contributed by atoms with van der Waals surface area (Å²) < 4.78 is 22.1. The highest BCUT2D eigenvalue weighted by Gasteiger charge is 2.21. The van der Waals surface area contributed by atoms with Crippen LogP contribution < -0.4 is 9.64 Å². The van der Waals surface area contributed by atoms with Crippen molar-refractivity contribution in [3.05, 3.63) is 71.8 Å². The molecule has 0 radical (unpaired) electrons. The van der Waals surface area contributed by atoms with E-state index in [2.05, 4.69) is 17.2 Å². The molecule has 0 aliphatic heterocycles. The van der Waals surface area contributed by atoms with Crippen LogP contribution in [0.5, 0.6) is 5.75 Å². The van der Waals surface area contributed by atoms with E-state index in [0.717, 1.165) is 21.3 Å². The Hall–Kier alpha value is -3.26. The molecule has 1 amide bonds. The number of benzene rings is 2. The van der Waals surface area contributed by atoms with Crippen molar-refractivity contribution in [2.24, 2.45) is 0 Å². The van der Waals surface area contributed by atoms with Crippen LogP contribution in [0.25, 0.3) is 10.2 Å². The fraction of sp³-hybridized carbons (Fsp3) is 0.227. The molecular formula is C22H21FN4O2S. The van der Waals surface area contributed by atoms with Crippen molar-refractivity contribution in [2.45, 2.75) is 20.4 Å². The number of halogens is 1. The molecule has 0 spiro atoms. The summed E-state index contributed by atoms with van der Waals surface area (Å²) in [7, 11) is 0. The first-order valence-corrected chi connectivity index (χ1v) is 10.4. The second-order valence-corrected chi connectivity index (χ2v) is 7.97. The zero-order chi connectivity index (χ0) is 21.1. The molecule has 8 heteroatoms. The molecule has 0 saturated heterocycles. The Morgan fingerprint density at radius 3 is 2.83 bits per heavy atom. The topological polar surface area (TPSA) is 60.2 Å². The third kappa shape index (κ3) is 4.33. The van der Waals surface area contributed by atoms with Crippen molar-refractivity contribution in [1.82, 2.24) is 14.8 Å². The average Bonchev–Trinajstić information content (AvgIpc) is 3.37. The van der Waals surface area contributed by atoms with Crippen molar-refractivity contribution >= 4 is 32.6 Å². The van der Waals surface area contributed by atoms with Gasteiger partial charge in [0.2, 0.25) is 0 Å². The van der Waals surface area contributed by atoms with Gasteiger partial charge in [0.1, 0.15) is 0 Å². The molecule has 0 aliphatic carbocycles. The summed E-state index contributed by atoms with van der Waals surface area (Å²) in [4.78, 5) is 19.3. The van der Waals surface area contributed by atoms with Gasteiger partial charge in [0.05, 0.1) is 16.8 Å². The molecule has 4 rings (SSSR count). The second kappa shape index (κ2) is 8.62. The van der Waals surface area contributed by atoms with E-state index in [1.165, 1.54) is 23.5 Å². The van der Waals surface area contributed by atoms with Gasteiger partial charge in [-0.15, -0.1) is 0 Å². The first kappa shape index (κ1) is 20.0. The maximum absolute atomic E-state index is 13.8. The van der Waals surface area contributed by atoms with Crippen LogP contribution >= 0.6 is 11.3 Å². The summed E-state index contributed by atoms with van der Waals surface area (Å²) in [5.74, 6) is -0.744. The van der Waals surface area contributed by atoms with E-state index in [1.54, 1.807) is 27.9 Å². The quantitative estimate of drug-likeness (QED) is 0.442. The van der Waals surface area contributed by atoms with Gasteiger partial charge in [-0.3, -0.25) is 14.4 Å². The number of hydrogen-bond acceptors (Lipinski definition) is 5. The number of para-hydroxylation sites is 1. The van der Waals surface area contributed by atoms with Gasteiger partial charge >= 0.3 is 0 Å². The third-order valence-electron chi connectivity index (χ3n) is 4.65. The Morgan fingerprint density at radius 2 is 2.07 bits per heavy atom. The van der Waals surface area contributed by atoms with Crippen molar-refractivity contribution < 1.29 is 13.9 Å². The monoisotopic (exact) mass is 424 g/mol. The summed E-state index contributed by atoms with van der Waals surface area (Å²) in [6.45, 7) is 4.64. The van der Waals surface area contributed by atoms with Gasteiger partial charge in [-0.05, 0) is 49.2 Å². The summed E-state index contributed by atoms with van der Waals surface area (Å²) >= 11 is 1.46. The minimum atomic E-state index is -0.500. The number of aromatic nitrogens is 3. The van der Waals surface area contributed by atoms with Gasteiger partial charge in [0, 0.05) is 18.9 Å².